The zero-order valence-corrected chi connectivity index (χ0v) is 15.9. The Labute approximate surface area is 160 Å². The number of aryl methyl sites for hydroxylation is 1. The van der Waals surface area contributed by atoms with E-state index in [4.69, 9.17) is 16.3 Å². The summed E-state index contributed by atoms with van der Waals surface area (Å²) in [5.41, 5.74) is 2.47. The largest absolute Gasteiger partial charge is 0.484 e. The van der Waals surface area contributed by atoms with E-state index in [9.17, 15) is 4.79 Å². The molecule has 1 saturated heterocycles. The second-order valence-electron chi connectivity index (χ2n) is 6.70. The number of carbonyl (C=O) groups is 1. The number of carbonyl (C=O) groups excluding carboxylic acids is 1. The summed E-state index contributed by atoms with van der Waals surface area (Å²) in [6.07, 6.45) is 1.00. The summed E-state index contributed by atoms with van der Waals surface area (Å²) >= 11 is 5.92. The minimum absolute atomic E-state index is 0.0583. The van der Waals surface area contributed by atoms with Crippen LogP contribution in [0.4, 0.5) is 0 Å². The van der Waals surface area contributed by atoms with Gasteiger partial charge in [0.1, 0.15) is 5.75 Å². The van der Waals surface area contributed by atoms with Gasteiger partial charge in [-0.05, 0) is 43.2 Å². The predicted octanol–water partition coefficient (Wildman–Crippen LogP) is 3.41. The number of piperazine rings is 1. The molecule has 5 heteroatoms. The Bertz CT molecular complexity index is 708. The summed E-state index contributed by atoms with van der Waals surface area (Å²) in [5.74, 6) is 0.800. The average Bonchev–Trinajstić information content (AvgIpc) is 2.67. The van der Waals surface area contributed by atoms with E-state index in [2.05, 4.69) is 17.0 Å². The molecule has 0 N–H and O–H groups in total. The van der Waals surface area contributed by atoms with Crippen molar-refractivity contribution < 1.29 is 9.53 Å². The maximum Gasteiger partial charge on any atom is 0.260 e. The summed E-state index contributed by atoms with van der Waals surface area (Å²) in [6, 6.07) is 15.8. The summed E-state index contributed by atoms with van der Waals surface area (Å²) in [5, 5.41) is 0.772. The smallest absolute Gasteiger partial charge is 0.260 e. The van der Waals surface area contributed by atoms with Gasteiger partial charge in [-0.3, -0.25) is 9.69 Å². The Hall–Kier alpha value is -2.04. The van der Waals surface area contributed by atoms with E-state index in [0.717, 1.165) is 49.9 Å². The first-order chi connectivity index (χ1) is 12.6. The van der Waals surface area contributed by atoms with E-state index in [1.165, 1.54) is 11.1 Å². The van der Waals surface area contributed by atoms with Gasteiger partial charge in [0.2, 0.25) is 0 Å². The lowest BCUT2D eigenvalue weighted by molar-refractivity contribution is -0.135. The lowest BCUT2D eigenvalue weighted by atomic mass is 10.1. The van der Waals surface area contributed by atoms with Gasteiger partial charge >= 0.3 is 0 Å². The van der Waals surface area contributed by atoms with Crippen LogP contribution in [0.5, 0.6) is 5.75 Å². The van der Waals surface area contributed by atoms with Gasteiger partial charge in [0.05, 0.1) is 0 Å². The van der Waals surface area contributed by atoms with E-state index in [-0.39, 0.29) is 12.5 Å². The molecular weight excluding hydrogens is 348 g/mol. The molecule has 1 amide bonds. The number of nitrogens with zero attached hydrogens (tertiary/aromatic N) is 2. The highest BCUT2D eigenvalue weighted by atomic mass is 35.5. The number of hydrogen-bond donors (Lipinski definition) is 0. The molecule has 0 saturated carbocycles. The van der Waals surface area contributed by atoms with Crippen molar-refractivity contribution >= 4 is 17.5 Å². The van der Waals surface area contributed by atoms with Crippen molar-refractivity contribution in [1.29, 1.82) is 0 Å². The maximum absolute atomic E-state index is 12.3. The lowest BCUT2D eigenvalue weighted by Gasteiger charge is -2.34. The van der Waals surface area contributed by atoms with Crippen LogP contribution < -0.4 is 4.74 Å². The number of hydrogen-bond acceptors (Lipinski definition) is 3. The van der Waals surface area contributed by atoms with Crippen molar-refractivity contribution in [2.45, 2.75) is 13.3 Å². The molecule has 0 aliphatic carbocycles. The Kier molecular flexibility index (Phi) is 6.53. The van der Waals surface area contributed by atoms with Gasteiger partial charge in [0, 0.05) is 37.7 Å². The Morgan fingerprint density at radius 1 is 1.00 bits per heavy atom. The van der Waals surface area contributed by atoms with Gasteiger partial charge in [-0.15, -0.1) is 0 Å². The molecule has 2 aromatic carbocycles. The third-order valence-corrected chi connectivity index (χ3v) is 4.99. The van der Waals surface area contributed by atoms with E-state index in [1.807, 2.05) is 48.2 Å². The SMILES string of the molecule is Cc1ccc(OCC(=O)N2CCN(CCc3ccc(Cl)cc3)CC2)cc1. The Morgan fingerprint density at radius 3 is 2.31 bits per heavy atom. The number of halogens is 1. The molecule has 26 heavy (non-hydrogen) atoms. The topological polar surface area (TPSA) is 32.8 Å². The van der Waals surface area contributed by atoms with Crippen LogP contribution in [0.15, 0.2) is 48.5 Å². The number of ether oxygens (including phenoxy) is 1. The lowest BCUT2D eigenvalue weighted by Crippen LogP contribution is -2.50. The van der Waals surface area contributed by atoms with Crippen LogP contribution in [0.3, 0.4) is 0 Å². The highest BCUT2D eigenvalue weighted by Gasteiger charge is 2.21. The monoisotopic (exact) mass is 372 g/mol. The molecule has 1 aliphatic rings. The zero-order chi connectivity index (χ0) is 18.4. The molecule has 0 unspecified atom stereocenters. The summed E-state index contributed by atoms with van der Waals surface area (Å²) in [4.78, 5) is 16.6. The standard InChI is InChI=1S/C21H25ClN2O2/c1-17-2-8-20(9-3-17)26-16-21(25)24-14-12-23(13-15-24)11-10-18-4-6-19(22)7-5-18/h2-9H,10-16H2,1H3. The third kappa shape index (κ3) is 5.48. The highest BCUT2D eigenvalue weighted by molar-refractivity contribution is 6.30. The molecule has 138 valence electrons. The van der Waals surface area contributed by atoms with Crippen molar-refractivity contribution in [2.24, 2.45) is 0 Å². The number of amides is 1. The molecule has 0 aromatic heterocycles. The van der Waals surface area contributed by atoms with Crippen molar-refractivity contribution in [2.75, 3.05) is 39.3 Å². The molecule has 1 aliphatic heterocycles. The highest BCUT2D eigenvalue weighted by Crippen LogP contribution is 2.13. The van der Waals surface area contributed by atoms with Crippen LogP contribution in [0.2, 0.25) is 5.02 Å². The fourth-order valence-electron chi connectivity index (χ4n) is 3.03. The van der Waals surface area contributed by atoms with E-state index >= 15 is 0 Å². The summed E-state index contributed by atoms with van der Waals surface area (Å²) in [6.45, 7) is 6.47. The quantitative estimate of drug-likeness (QED) is 0.779. The number of rotatable bonds is 6. The predicted molar refractivity (Wildman–Crippen MR) is 105 cm³/mol. The average molecular weight is 373 g/mol. The van der Waals surface area contributed by atoms with Gasteiger partial charge in [-0.2, -0.15) is 0 Å². The molecule has 0 radical (unpaired) electrons. The van der Waals surface area contributed by atoms with Crippen molar-refractivity contribution in [3.05, 3.63) is 64.7 Å². The van der Waals surface area contributed by atoms with Crippen LogP contribution in [0.25, 0.3) is 0 Å². The van der Waals surface area contributed by atoms with Crippen LogP contribution in [-0.4, -0.2) is 55.0 Å². The van der Waals surface area contributed by atoms with E-state index < -0.39 is 0 Å². The normalized spacial score (nSPS) is 15.1. The summed E-state index contributed by atoms with van der Waals surface area (Å²) < 4.78 is 5.60. The molecule has 2 aromatic rings. The molecule has 3 rings (SSSR count). The second-order valence-corrected chi connectivity index (χ2v) is 7.14. The third-order valence-electron chi connectivity index (χ3n) is 4.74. The molecule has 0 atom stereocenters. The van der Waals surface area contributed by atoms with Crippen molar-refractivity contribution in [3.63, 3.8) is 0 Å². The van der Waals surface area contributed by atoms with Gasteiger partial charge in [0.15, 0.2) is 6.61 Å². The Morgan fingerprint density at radius 2 is 1.65 bits per heavy atom. The van der Waals surface area contributed by atoms with Gasteiger partial charge < -0.3 is 9.64 Å². The fraction of sp³-hybridized carbons (Fsp3) is 0.381. The van der Waals surface area contributed by atoms with Crippen LogP contribution in [0, 0.1) is 6.92 Å². The van der Waals surface area contributed by atoms with Crippen LogP contribution in [0.1, 0.15) is 11.1 Å². The molecule has 0 bridgehead atoms. The van der Waals surface area contributed by atoms with Crippen molar-refractivity contribution in [3.8, 4) is 5.75 Å². The first-order valence-corrected chi connectivity index (χ1v) is 9.42. The molecule has 0 spiro atoms. The first kappa shape index (κ1) is 18.7. The van der Waals surface area contributed by atoms with Crippen LogP contribution >= 0.6 is 11.6 Å². The van der Waals surface area contributed by atoms with E-state index in [1.54, 1.807) is 0 Å². The van der Waals surface area contributed by atoms with Gasteiger partial charge in [-0.25, -0.2) is 0 Å². The van der Waals surface area contributed by atoms with Crippen LogP contribution in [-0.2, 0) is 11.2 Å². The molecule has 1 fully saturated rings. The zero-order valence-electron chi connectivity index (χ0n) is 15.2. The minimum Gasteiger partial charge on any atom is -0.484 e. The van der Waals surface area contributed by atoms with Gasteiger partial charge in [0.25, 0.3) is 5.91 Å². The van der Waals surface area contributed by atoms with Gasteiger partial charge in [-0.1, -0.05) is 41.4 Å². The summed E-state index contributed by atoms with van der Waals surface area (Å²) in [7, 11) is 0. The fourth-order valence-corrected chi connectivity index (χ4v) is 3.16. The molecule has 4 nitrogen and oxygen atoms in total. The molecule has 1 heterocycles. The number of benzene rings is 2. The first-order valence-electron chi connectivity index (χ1n) is 9.04. The van der Waals surface area contributed by atoms with E-state index in [0.29, 0.717) is 0 Å². The van der Waals surface area contributed by atoms with Crippen molar-refractivity contribution in [1.82, 2.24) is 9.80 Å². The minimum atomic E-state index is 0.0583. The maximum atomic E-state index is 12.3. The second kappa shape index (κ2) is 9.06. The Balaban J connectivity index is 1.38. The molecular formula is C21H25ClN2O2.